The van der Waals surface area contributed by atoms with Gasteiger partial charge in [0.15, 0.2) is 11.5 Å². The number of hydrazone groups is 1. The van der Waals surface area contributed by atoms with E-state index in [1.54, 1.807) is 12.1 Å². The van der Waals surface area contributed by atoms with Crippen LogP contribution in [0.25, 0.3) is 0 Å². The average molecular weight is 356 g/mol. The van der Waals surface area contributed by atoms with Gasteiger partial charge in [0, 0.05) is 6.04 Å². The molecule has 1 atom stereocenters. The van der Waals surface area contributed by atoms with Gasteiger partial charge in [-0.2, -0.15) is 5.10 Å². The topological polar surface area (TPSA) is 89.0 Å². The molecule has 1 rings (SSSR count). The Morgan fingerprint density at radius 1 is 1.33 bits per heavy atom. The minimum Gasteiger partial charge on any atom is -0.493 e. The van der Waals surface area contributed by atoms with Gasteiger partial charge in [-0.05, 0) is 38.0 Å². The number of rotatable bonds is 7. The van der Waals surface area contributed by atoms with Crippen LogP contribution in [0.15, 0.2) is 17.2 Å². The van der Waals surface area contributed by atoms with Crippen LogP contribution in [0.5, 0.6) is 11.5 Å². The summed E-state index contributed by atoms with van der Waals surface area (Å²) >= 11 is 6.14. The van der Waals surface area contributed by atoms with Crippen LogP contribution in [0.2, 0.25) is 5.02 Å². The molecule has 0 aromatic heterocycles. The molecule has 0 fully saturated rings. The molecule has 0 bridgehead atoms. The molecule has 0 saturated carbocycles. The highest BCUT2D eigenvalue weighted by Gasteiger charge is 2.14. The molecule has 132 valence electrons. The van der Waals surface area contributed by atoms with E-state index in [-0.39, 0.29) is 6.04 Å². The van der Waals surface area contributed by atoms with Crippen molar-refractivity contribution in [1.82, 2.24) is 10.7 Å². The fraction of sp³-hybridized carbons (Fsp3) is 0.438. The Labute approximate surface area is 146 Å². The third kappa shape index (κ3) is 5.73. The maximum atomic E-state index is 11.6. The molecular weight excluding hydrogens is 334 g/mol. The van der Waals surface area contributed by atoms with Gasteiger partial charge < -0.3 is 14.8 Å². The van der Waals surface area contributed by atoms with Gasteiger partial charge in [0.05, 0.1) is 25.0 Å². The molecule has 0 aliphatic rings. The predicted molar refractivity (Wildman–Crippen MR) is 92.8 cm³/mol. The maximum Gasteiger partial charge on any atom is 0.329 e. The van der Waals surface area contributed by atoms with Crippen molar-refractivity contribution in [1.29, 1.82) is 0 Å². The van der Waals surface area contributed by atoms with Crippen molar-refractivity contribution in [3.63, 3.8) is 0 Å². The predicted octanol–water partition coefficient (Wildman–Crippen LogP) is 2.11. The second-order valence-corrected chi connectivity index (χ2v) is 5.36. The molecule has 0 unspecified atom stereocenters. The monoisotopic (exact) mass is 355 g/mol. The van der Waals surface area contributed by atoms with Gasteiger partial charge in [-0.3, -0.25) is 9.59 Å². The zero-order valence-corrected chi connectivity index (χ0v) is 14.9. The third-order valence-electron chi connectivity index (χ3n) is 3.12. The largest absolute Gasteiger partial charge is 0.493 e. The second-order valence-electron chi connectivity index (χ2n) is 4.95. The molecule has 0 saturated heterocycles. The number of benzene rings is 1. The molecule has 0 spiro atoms. The highest BCUT2D eigenvalue weighted by molar-refractivity contribution is 6.35. The van der Waals surface area contributed by atoms with Gasteiger partial charge in [0.25, 0.3) is 0 Å². The molecule has 24 heavy (non-hydrogen) atoms. The Morgan fingerprint density at radius 2 is 2.04 bits per heavy atom. The number of carbonyl (C=O) groups excluding carboxylic acids is 2. The van der Waals surface area contributed by atoms with E-state index in [1.165, 1.54) is 13.3 Å². The van der Waals surface area contributed by atoms with Crippen LogP contribution < -0.4 is 20.2 Å². The fourth-order valence-corrected chi connectivity index (χ4v) is 1.98. The lowest BCUT2D eigenvalue weighted by Crippen LogP contribution is -2.41. The van der Waals surface area contributed by atoms with Crippen LogP contribution in [-0.4, -0.2) is 37.8 Å². The van der Waals surface area contributed by atoms with Gasteiger partial charge in [-0.25, -0.2) is 5.43 Å². The molecular formula is C16H22ClN3O4. The first-order valence-electron chi connectivity index (χ1n) is 7.57. The Hall–Kier alpha value is -2.28. The molecule has 1 aromatic rings. The normalized spacial score (nSPS) is 11.9. The van der Waals surface area contributed by atoms with Crippen molar-refractivity contribution in [2.75, 3.05) is 13.7 Å². The van der Waals surface area contributed by atoms with E-state index < -0.39 is 11.8 Å². The van der Waals surface area contributed by atoms with E-state index in [2.05, 4.69) is 15.8 Å². The first kappa shape index (κ1) is 19.8. The second kappa shape index (κ2) is 9.77. The Balaban J connectivity index is 2.75. The third-order valence-corrected chi connectivity index (χ3v) is 3.40. The molecule has 0 aliphatic carbocycles. The van der Waals surface area contributed by atoms with E-state index in [9.17, 15) is 9.59 Å². The number of hydrogen-bond donors (Lipinski definition) is 2. The summed E-state index contributed by atoms with van der Waals surface area (Å²) in [5.41, 5.74) is 2.75. The molecule has 0 radical (unpaired) electrons. The van der Waals surface area contributed by atoms with E-state index in [0.29, 0.717) is 28.7 Å². The Bertz CT molecular complexity index is 620. The molecule has 2 amide bonds. The number of carbonyl (C=O) groups is 2. The molecule has 2 N–H and O–H groups in total. The van der Waals surface area contributed by atoms with E-state index in [0.717, 1.165) is 6.42 Å². The van der Waals surface area contributed by atoms with Crippen molar-refractivity contribution < 1.29 is 19.1 Å². The zero-order valence-electron chi connectivity index (χ0n) is 14.2. The summed E-state index contributed by atoms with van der Waals surface area (Å²) in [5, 5.41) is 6.65. The molecule has 0 aliphatic heterocycles. The van der Waals surface area contributed by atoms with Crippen molar-refractivity contribution >= 4 is 29.6 Å². The number of nitrogens with zero attached hydrogens (tertiary/aromatic N) is 1. The Morgan fingerprint density at radius 3 is 2.62 bits per heavy atom. The minimum absolute atomic E-state index is 0.0820. The lowest BCUT2D eigenvalue weighted by molar-refractivity contribution is -0.139. The highest BCUT2D eigenvalue weighted by atomic mass is 35.5. The smallest absolute Gasteiger partial charge is 0.329 e. The van der Waals surface area contributed by atoms with E-state index in [1.807, 2.05) is 20.8 Å². The van der Waals surface area contributed by atoms with Crippen molar-refractivity contribution in [3.05, 3.63) is 22.7 Å². The van der Waals surface area contributed by atoms with Crippen molar-refractivity contribution in [3.8, 4) is 11.5 Å². The van der Waals surface area contributed by atoms with Gasteiger partial charge in [-0.1, -0.05) is 18.5 Å². The molecule has 0 heterocycles. The summed E-state index contributed by atoms with van der Waals surface area (Å²) in [7, 11) is 1.50. The fourth-order valence-electron chi connectivity index (χ4n) is 1.71. The number of methoxy groups -OCH3 is 1. The highest BCUT2D eigenvalue weighted by Crippen LogP contribution is 2.35. The number of hydrogen-bond acceptors (Lipinski definition) is 5. The van der Waals surface area contributed by atoms with E-state index >= 15 is 0 Å². The summed E-state index contributed by atoms with van der Waals surface area (Å²) in [6, 6.07) is 3.19. The summed E-state index contributed by atoms with van der Waals surface area (Å²) in [6.07, 6.45) is 2.09. The quantitative estimate of drug-likeness (QED) is 0.445. The first-order valence-corrected chi connectivity index (χ1v) is 7.94. The van der Waals surface area contributed by atoms with Crippen molar-refractivity contribution in [2.45, 2.75) is 33.2 Å². The number of halogens is 1. The number of nitrogens with one attached hydrogen (secondary N) is 2. The van der Waals surface area contributed by atoms with Gasteiger partial charge in [-0.15, -0.1) is 0 Å². The number of amides is 2. The average Bonchev–Trinajstić information content (AvgIpc) is 2.56. The zero-order chi connectivity index (χ0) is 18.1. The minimum atomic E-state index is -0.837. The first-order chi connectivity index (χ1) is 11.4. The standard InChI is InChI=1S/C16H22ClN3O4/c1-5-10(3)19-15(21)16(22)20-18-9-11-7-12(17)14(24-6-2)13(8-11)23-4/h7-10H,5-6H2,1-4H3,(H,19,21)(H,20,22)/b18-9-/t10-/m1/s1. The Kier molecular flexibility index (Phi) is 8.05. The maximum absolute atomic E-state index is 11.6. The molecule has 7 nitrogen and oxygen atoms in total. The van der Waals surface area contributed by atoms with Crippen LogP contribution in [-0.2, 0) is 9.59 Å². The van der Waals surface area contributed by atoms with Crippen LogP contribution >= 0.6 is 11.6 Å². The van der Waals surface area contributed by atoms with Crippen LogP contribution in [0.3, 0.4) is 0 Å². The molecule has 8 heteroatoms. The molecule has 1 aromatic carbocycles. The van der Waals surface area contributed by atoms with Gasteiger partial charge in [0.2, 0.25) is 0 Å². The lowest BCUT2D eigenvalue weighted by atomic mass is 10.2. The van der Waals surface area contributed by atoms with Crippen LogP contribution in [0, 0.1) is 0 Å². The van der Waals surface area contributed by atoms with Crippen LogP contribution in [0.4, 0.5) is 0 Å². The SMILES string of the molecule is CCOc1c(Cl)cc(/C=N\NC(=O)C(=O)N[C@H](C)CC)cc1OC. The van der Waals surface area contributed by atoms with Gasteiger partial charge >= 0.3 is 11.8 Å². The summed E-state index contributed by atoms with van der Waals surface area (Å²) in [5.74, 6) is -0.679. The van der Waals surface area contributed by atoms with Crippen LogP contribution in [0.1, 0.15) is 32.8 Å². The lowest BCUT2D eigenvalue weighted by Gasteiger charge is -2.11. The van der Waals surface area contributed by atoms with Crippen molar-refractivity contribution in [2.24, 2.45) is 5.10 Å². The summed E-state index contributed by atoms with van der Waals surface area (Å²) in [4.78, 5) is 23.2. The van der Waals surface area contributed by atoms with E-state index in [4.69, 9.17) is 21.1 Å². The summed E-state index contributed by atoms with van der Waals surface area (Å²) < 4.78 is 10.6. The number of ether oxygens (including phenoxy) is 2. The summed E-state index contributed by atoms with van der Waals surface area (Å²) in [6.45, 7) is 6.00. The van der Waals surface area contributed by atoms with Gasteiger partial charge in [0.1, 0.15) is 0 Å².